The van der Waals surface area contributed by atoms with Crippen LogP contribution in [0.4, 0.5) is 5.69 Å². The molecule has 0 amide bonds. The Morgan fingerprint density at radius 3 is 2.37 bits per heavy atom. The van der Waals surface area contributed by atoms with Gasteiger partial charge < -0.3 is 4.52 Å². The Bertz CT molecular complexity index is 1290. The molecule has 0 spiro atoms. The third-order valence-electron chi connectivity index (χ3n) is 4.65. The Morgan fingerprint density at radius 2 is 1.70 bits per heavy atom. The van der Waals surface area contributed by atoms with E-state index in [1.807, 2.05) is 19.1 Å². The Morgan fingerprint density at radius 1 is 1.03 bits per heavy atom. The zero-order chi connectivity index (χ0) is 21.5. The van der Waals surface area contributed by atoms with Gasteiger partial charge in [-0.25, -0.2) is 8.42 Å². The van der Waals surface area contributed by atoms with Crippen molar-refractivity contribution in [2.45, 2.75) is 18.7 Å². The largest absolute Gasteiger partial charge is 0.333 e. The third kappa shape index (κ3) is 3.86. The molecule has 0 unspecified atom stereocenters. The summed E-state index contributed by atoms with van der Waals surface area (Å²) in [5, 5.41) is 4.62. The molecule has 2 heterocycles. The number of rotatable bonds is 5. The fraction of sp³-hybridized carbons (Fsp3) is 0.143. The molecule has 0 radical (unpaired) electrons. The highest BCUT2D eigenvalue weighted by molar-refractivity contribution is 7.93. The zero-order valence-corrected chi connectivity index (χ0v) is 18.8. The smallest absolute Gasteiger partial charge is 0.268 e. The monoisotopic (exact) mass is 459 g/mol. The molecule has 30 heavy (non-hydrogen) atoms. The van der Waals surface area contributed by atoms with Crippen LogP contribution in [0.1, 0.15) is 10.4 Å². The summed E-state index contributed by atoms with van der Waals surface area (Å²) in [7, 11) is -2.19. The van der Waals surface area contributed by atoms with Crippen LogP contribution in [0.25, 0.3) is 22.2 Å². The molecule has 6 nitrogen and oxygen atoms in total. The quantitative estimate of drug-likeness (QED) is 0.390. The minimum atomic E-state index is -3.73. The number of nitrogens with zero attached hydrogens (tertiary/aromatic N) is 3. The van der Waals surface area contributed by atoms with Gasteiger partial charge in [0.15, 0.2) is 0 Å². The maximum atomic E-state index is 13.2. The molecular formula is C21H18ClN3O3S2. The molecule has 0 saturated heterocycles. The average Bonchev–Trinajstić information content (AvgIpc) is 3.36. The normalized spacial score (nSPS) is 11.6. The van der Waals surface area contributed by atoms with Crippen molar-refractivity contribution >= 4 is 38.6 Å². The van der Waals surface area contributed by atoms with Gasteiger partial charge in [0, 0.05) is 22.5 Å². The summed E-state index contributed by atoms with van der Waals surface area (Å²) in [5.74, 6) is 0.682. The molecule has 0 fully saturated rings. The Hall–Kier alpha value is -2.68. The summed E-state index contributed by atoms with van der Waals surface area (Å²) >= 11 is 7.21. The average molecular weight is 460 g/mol. The number of benzene rings is 2. The van der Waals surface area contributed by atoms with E-state index < -0.39 is 10.0 Å². The number of anilines is 1. The number of halogens is 1. The molecular weight excluding hydrogens is 442 g/mol. The van der Waals surface area contributed by atoms with E-state index in [0.29, 0.717) is 26.3 Å². The van der Waals surface area contributed by atoms with E-state index in [0.717, 1.165) is 11.1 Å². The number of hydrogen-bond donors (Lipinski definition) is 0. The Labute approximate surface area is 183 Å². The molecule has 0 bridgehead atoms. The Balaban J connectivity index is 1.66. The van der Waals surface area contributed by atoms with Gasteiger partial charge >= 0.3 is 0 Å². The predicted molar refractivity (Wildman–Crippen MR) is 120 cm³/mol. The number of sulfonamides is 1. The summed E-state index contributed by atoms with van der Waals surface area (Å²) in [6.45, 7) is 3.72. The van der Waals surface area contributed by atoms with Crippen molar-refractivity contribution < 1.29 is 12.9 Å². The van der Waals surface area contributed by atoms with Gasteiger partial charge in [-0.1, -0.05) is 34.5 Å². The SMILES string of the molecule is Cc1ccc(N(C)S(=O)(=O)c2cc(-c3nc(-c4ccc(Cl)cc4)no3)sc2C)cc1. The fourth-order valence-corrected chi connectivity index (χ4v) is 5.71. The van der Waals surface area contributed by atoms with Crippen molar-refractivity contribution in [3.05, 3.63) is 70.1 Å². The first-order chi connectivity index (χ1) is 14.3. The van der Waals surface area contributed by atoms with Crippen molar-refractivity contribution in [1.29, 1.82) is 0 Å². The van der Waals surface area contributed by atoms with E-state index in [-0.39, 0.29) is 10.8 Å². The Kier molecular flexibility index (Phi) is 5.40. The van der Waals surface area contributed by atoms with Crippen LogP contribution in [0.2, 0.25) is 5.02 Å². The molecule has 0 N–H and O–H groups in total. The van der Waals surface area contributed by atoms with Gasteiger partial charge in [0.2, 0.25) is 5.82 Å². The van der Waals surface area contributed by atoms with Crippen molar-refractivity contribution in [2.24, 2.45) is 0 Å². The summed E-state index contributed by atoms with van der Waals surface area (Å²) in [5.41, 5.74) is 2.41. The molecule has 0 aliphatic rings. The van der Waals surface area contributed by atoms with Gasteiger partial charge in [0.25, 0.3) is 15.9 Å². The first-order valence-corrected chi connectivity index (χ1v) is 11.7. The van der Waals surface area contributed by atoms with Crippen molar-refractivity contribution in [3.8, 4) is 22.2 Å². The molecule has 2 aromatic carbocycles. The van der Waals surface area contributed by atoms with E-state index in [4.69, 9.17) is 16.1 Å². The topological polar surface area (TPSA) is 76.3 Å². The highest BCUT2D eigenvalue weighted by atomic mass is 35.5. The minimum Gasteiger partial charge on any atom is -0.333 e. The van der Waals surface area contributed by atoms with Crippen LogP contribution < -0.4 is 4.31 Å². The van der Waals surface area contributed by atoms with E-state index in [9.17, 15) is 8.42 Å². The van der Waals surface area contributed by atoms with Gasteiger partial charge in [-0.3, -0.25) is 4.31 Å². The lowest BCUT2D eigenvalue weighted by molar-refractivity contribution is 0.433. The molecule has 154 valence electrons. The number of thiophene rings is 1. The van der Waals surface area contributed by atoms with Crippen LogP contribution in [-0.2, 0) is 10.0 Å². The summed E-state index contributed by atoms with van der Waals surface area (Å²) < 4.78 is 33.0. The van der Waals surface area contributed by atoms with Crippen molar-refractivity contribution in [2.75, 3.05) is 11.4 Å². The number of hydrogen-bond acceptors (Lipinski definition) is 6. The second kappa shape index (κ2) is 7.86. The van der Waals surface area contributed by atoms with E-state index in [2.05, 4.69) is 10.1 Å². The van der Waals surface area contributed by atoms with Crippen molar-refractivity contribution in [1.82, 2.24) is 10.1 Å². The lowest BCUT2D eigenvalue weighted by Gasteiger charge is -2.19. The summed E-state index contributed by atoms with van der Waals surface area (Å²) in [4.78, 5) is 5.87. The second-order valence-corrected chi connectivity index (χ2v) is 10.4. The number of aryl methyl sites for hydroxylation is 2. The predicted octanol–water partition coefficient (Wildman–Crippen LogP) is 5.56. The summed E-state index contributed by atoms with van der Waals surface area (Å²) in [6.07, 6.45) is 0. The standard InChI is InChI=1S/C21H18ClN3O3S2/c1-13-4-10-17(11-5-13)25(3)30(26,27)19-12-18(29-14(19)2)21-23-20(24-28-21)15-6-8-16(22)9-7-15/h4-12H,1-3H3. The molecule has 9 heteroatoms. The van der Waals surface area contributed by atoms with Gasteiger partial charge in [0.05, 0.1) is 10.6 Å². The van der Waals surface area contributed by atoms with Crippen LogP contribution >= 0.6 is 22.9 Å². The van der Waals surface area contributed by atoms with E-state index in [1.165, 1.54) is 15.6 Å². The van der Waals surface area contributed by atoms with Crippen LogP contribution in [0.5, 0.6) is 0 Å². The lowest BCUT2D eigenvalue weighted by Crippen LogP contribution is -2.26. The molecule has 0 atom stereocenters. The lowest BCUT2D eigenvalue weighted by atomic mass is 10.2. The minimum absolute atomic E-state index is 0.219. The van der Waals surface area contributed by atoms with Crippen LogP contribution in [-0.4, -0.2) is 25.6 Å². The molecule has 0 saturated carbocycles. The first kappa shape index (κ1) is 20.6. The summed E-state index contributed by atoms with van der Waals surface area (Å²) in [6, 6.07) is 16.0. The van der Waals surface area contributed by atoms with Gasteiger partial charge in [-0.2, -0.15) is 4.98 Å². The maximum Gasteiger partial charge on any atom is 0.268 e. The van der Waals surface area contributed by atoms with E-state index >= 15 is 0 Å². The molecule has 4 aromatic rings. The van der Waals surface area contributed by atoms with Gasteiger partial charge in [-0.05, 0) is 56.3 Å². The first-order valence-electron chi connectivity index (χ1n) is 9.02. The maximum absolute atomic E-state index is 13.2. The van der Waals surface area contributed by atoms with Crippen LogP contribution in [0.3, 0.4) is 0 Å². The van der Waals surface area contributed by atoms with E-state index in [1.54, 1.807) is 56.4 Å². The van der Waals surface area contributed by atoms with Crippen molar-refractivity contribution in [3.63, 3.8) is 0 Å². The van der Waals surface area contributed by atoms with Crippen LogP contribution in [0, 0.1) is 13.8 Å². The molecule has 2 aromatic heterocycles. The molecule has 0 aliphatic carbocycles. The molecule has 4 rings (SSSR count). The highest BCUT2D eigenvalue weighted by Gasteiger charge is 2.27. The highest BCUT2D eigenvalue weighted by Crippen LogP contribution is 2.35. The zero-order valence-electron chi connectivity index (χ0n) is 16.5. The molecule has 0 aliphatic heterocycles. The third-order valence-corrected chi connectivity index (χ3v) is 7.98. The fourth-order valence-electron chi connectivity index (χ4n) is 2.91. The van der Waals surface area contributed by atoms with Crippen LogP contribution in [0.15, 0.2) is 64.0 Å². The van der Waals surface area contributed by atoms with Gasteiger partial charge in [0.1, 0.15) is 4.90 Å². The number of aromatic nitrogens is 2. The second-order valence-electron chi connectivity index (χ2n) is 6.77. The van der Waals surface area contributed by atoms with Gasteiger partial charge in [-0.15, -0.1) is 11.3 Å².